The Morgan fingerprint density at radius 2 is 1.83 bits per heavy atom. The second-order valence-corrected chi connectivity index (χ2v) is 5.40. The highest BCUT2D eigenvalue weighted by atomic mass is 17.2. The van der Waals surface area contributed by atoms with Gasteiger partial charge in [0.15, 0.2) is 0 Å². The van der Waals surface area contributed by atoms with Crippen molar-refractivity contribution in [2.24, 2.45) is 5.92 Å². The zero-order valence-corrected chi connectivity index (χ0v) is 13.8. The Bertz CT molecular complexity index is 496. The van der Waals surface area contributed by atoms with Crippen LogP contribution < -0.4 is 0 Å². The van der Waals surface area contributed by atoms with Crippen molar-refractivity contribution in [2.45, 2.75) is 52.7 Å². The molecule has 0 aliphatic carbocycles. The van der Waals surface area contributed by atoms with E-state index < -0.39 is 18.4 Å². The number of carbonyl (C=O) groups excluding carboxylic acids is 1. The van der Waals surface area contributed by atoms with Gasteiger partial charge >= 0.3 is 12.1 Å². The number of hydrogen-bond donors (Lipinski definition) is 1. The van der Waals surface area contributed by atoms with E-state index in [9.17, 15) is 9.59 Å². The maximum atomic E-state index is 11.9. The van der Waals surface area contributed by atoms with E-state index in [1.165, 1.54) is 0 Å². The Labute approximate surface area is 136 Å². The van der Waals surface area contributed by atoms with Crippen LogP contribution in [0.4, 0.5) is 4.79 Å². The van der Waals surface area contributed by atoms with Crippen LogP contribution in [0.1, 0.15) is 55.5 Å². The molecule has 0 aliphatic rings. The largest absolute Gasteiger partial charge is 0.508 e. The van der Waals surface area contributed by atoms with Gasteiger partial charge in [0.2, 0.25) is 0 Å². The summed E-state index contributed by atoms with van der Waals surface area (Å²) in [6.07, 6.45) is 0.675. The Morgan fingerprint density at radius 3 is 2.35 bits per heavy atom. The van der Waals surface area contributed by atoms with Crippen LogP contribution in [0.2, 0.25) is 0 Å². The predicted molar refractivity (Wildman–Crippen MR) is 83.9 cm³/mol. The SMILES string of the molecule is CCCCC(CC)C(OOC(=O)c1ccc(C)cc1)OC(=O)O. The number of carbonyl (C=O) groups is 2. The first-order valence-corrected chi connectivity index (χ1v) is 7.81. The maximum absolute atomic E-state index is 11.9. The van der Waals surface area contributed by atoms with Crippen molar-refractivity contribution in [1.29, 1.82) is 0 Å². The maximum Gasteiger partial charge on any atom is 0.508 e. The fraction of sp³-hybridized carbons (Fsp3) is 0.529. The molecule has 0 spiro atoms. The van der Waals surface area contributed by atoms with Crippen LogP contribution in [0.25, 0.3) is 0 Å². The second-order valence-electron chi connectivity index (χ2n) is 5.40. The fourth-order valence-electron chi connectivity index (χ4n) is 2.12. The third-order valence-electron chi connectivity index (χ3n) is 3.56. The molecule has 0 radical (unpaired) electrons. The van der Waals surface area contributed by atoms with E-state index in [0.717, 1.165) is 24.8 Å². The molecule has 2 atom stereocenters. The number of carboxylic acid groups (broad SMARTS) is 1. The Kier molecular flexibility index (Phi) is 8.11. The van der Waals surface area contributed by atoms with Gasteiger partial charge < -0.3 is 9.84 Å². The zero-order chi connectivity index (χ0) is 17.2. The molecule has 1 aromatic carbocycles. The molecule has 0 heterocycles. The predicted octanol–water partition coefficient (Wildman–Crippen LogP) is 4.32. The molecule has 0 fully saturated rings. The lowest BCUT2D eigenvalue weighted by molar-refractivity contribution is -0.342. The van der Waals surface area contributed by atoms with Crippen molar-refractivity contribution in [2.75, 3.05) is 0 Å². The summed E-state index contributed by atoms with van der Waals surface area (Å²) < 4.78 is 4.72. The molecule has 0 aliphatic heterocycles. The first-order valence-electron chi connectivity index (χ1n) is 7.81. The van der Waals surface area contributed by atoms with E-state index in [1.54, 1.807) is 24.3 Å². The van der Waals surface area contributed by atoms with Crippen LogP contribution >= 0.6 is 0 Å². The van der Waals surface area contributed by atoms with Crippen LogP contribution in [-0.4, -0.2) is 23.5 Å². The molecular formula is C17H24O6. The molecule has 6 nitrogen and oxygen atoms in total. The highest BCUT2D eigenvalue weighted by molar-refractivity contribution is 5.88. The molecule has 0 amide bonds. The van der Waals surface area contributed by atoms with Gasteiger partial charge in [0.05, 0.1) is 5.56 Å². The summed E-state index contributed by atoms with van der Waals surface area (Å²) in [4.78, 5) is 32.5. The summed E-state index contributed by atoms with van der Waals surface area (Å²) >= 11 is 0. The van der Waals surface area contributed by atoms with Gasteiger partial charge in [0, 0.05) is 5.92 Å². The number of benzene rings is 1. The van der Waals surface area contributed by atoms with Gasteiger partial charge in [0.1, 0.15) is 0 Å². The van der Waals surface area contributed by atoms with Gasteiger partial charge in [-0.15, -0.1) is 4.89 Å². The van der Waals surface area contributed by atoms with Crippen LogP contribution in [0.3, 0.4) is 0 Å². The molecule has 1 rings (SSSR count). The van der Waals surface area contributed by atoms with Crippen molar-refractivity contribution >= 4 is 12.1 Å². The molecule has 1 N–H and O–H groups in total. The van der Waals surface area contributed by atoms with E-state index in [-0.39, 0.29) is 5.92 Å². The normalized spacial score (nSPS) is 13.2. The van der Waals surface area contributed by atoms with E-state index in [1.807, 2.05) is 20.8 Å². The summed E-state index contributed by atoms with van der Waals surface area (Å²) in [6.45, 7) is 5.85. The van der Waals surface area contributed by atoms with Crippen molar-refractivity contribution in [1.82, 2.24) is 0 Å². The molecule has 0 bridgehead atoms. The lowest BCUT2D eigenvalue weighted by Crippen LogP contribution is -2.30. The molecule has 6 heteroatoms. The molecule has 0 saturated heterocycles. The molecule has 0 saturated carbocycles. The van der Waals surface area contributed by atoms with E-state index >= 15 is 0 Å². The Balaban J connectivity index is 2.66. The number of ether oxygens (including phenoxy) is 1. The van der Waals surface area contributed by atoms with Gasteiger partial charge in [-0.2, -0.15) is 0 Å². The van der Waals surface area contributed by atoms with Crippen molar-refractivity contribution in [3.8, 4) is 0 Å². The number of aryl methyl sites for hydroxylation is 1. The van der Waals surface area contributed by atoms with Crippen molar-refractivity contribution < 1.29 is 29.2 Å². The lowest BCUT2D eigenvalue weighted by Gasteiger charge is -2.23. The quantitative estimate of drug-likeness (QED) is 0.315. The summed E-state index contributed by atoms with van der Waals surface area (Å²) in [7, 11) is 0. The average Bonchev–Trinajstić information content (AvgIpc) is 2.52. The Morgan fingerprint density at radius 1 is 1.17 bits per heavy atom. The van der Waals surface area contributed by atoms with Gasteiger partial charge in [-0.25, -0.2) is 9.59 Å². The van der Waals surface area contributed by atoms with E-state index in [0.29, 0.717) is 12.0 Å². The Hall–Kier alpha value is -2.08. The van der Waals surface area contributed by atoms with Crippen molar-refractivity contribution in [3.05, 3.63) is 35.4 Å². The zero-order valence-electron chi connectivity index (χ0n) is 13.8. The highest BCUT2D eigenvalue weighted by Crippen LogP contribution is 2.21. The first-order chi connectivity index (χ1) is 11.0. The minimum atomic E-state index is -1.46. The second kappa shape index (κ2) is 9.84. The third-order valence-corrected chi connectivity index (χ3v) is 3.56. The van der Waals surface area contributed by atoms with E-state index in [4.69, 9.17) is 19.6 Å². The van der Waals surface area contributed by atoms with Gasteiger partial charge in [-0.1, -0.05) is 44.4 Å². The molecule has 0 aromatic heterocycles. The number of hydrogen-bond acceptors (Lipinski definition) is 5. The molecule has 128 valence electrons. The lowest BCUT2D eigenvalue weighted by atomic mass is 9.99. The average molecular weight is 324 g/mol. The minimum absolute atomic E-state index is 0.170. The van der Waals surface area contributed by atoms with Crippen LogP contribution in [0.5, 0.6) is 0 Å². The molecular weight excluding hydrogens is 300 g/mol. The van der Waals surface area contributed by atoms with Crippen LogP contribution in [-0.2, 0) is 14.5 Å². The third kappa shape index (κ3) is 6.69. The summed E-state index contributed by atoms with van der Waals surface area (Å²) in [6, 6.07) is 6.78. The summed E-state index contributed by atoms with van der Waals surface area (Å²) in [5, 5.41) is 8.82. The minimum Gasteiger partial charge on any atom is -0.450 e. The summed E-state index contributed by atoms with van der Waals surface area (Å²) in [5.74, 6) is -0.855. The monoisotopic (exact) mass is 324 g/mol. The molecule has 23 heavy (non-hydrogen) atoms. The number of unbranched alkanes of at least 4 members (excludes halogenated alkanes) is 1. The fourth-order valence-corrected chi connectivity index (χ4v) is 2.12. The van der Waals surface area contributed by atoms with Gasteiger partial charge in [-0.05, 0) is 31.9 Å². The molecule has 1 aromatic rings. The number of rotatable bonds is 9. The topological polar surface area (TPSA) is 82.1 Å². The highest BCUT2D eigenvalue weighted by Gasteiger charge is 2.27. The standard InChI is InChI=1S/C17H24O6/c1-4-6-7-13(5-2)16(21-17(19)20)23-22-15(18)14-10-8-12(3)9-11-14/h8-11,13,16H,4-7H2,1-3H3,(H,19,20). The van der Waals surface area contributed by atoms with Crippen LogP contribution in [0, 0.1) is 12.8 Å². The van der Waals surface area contributed by atoms with Crippen molar-refractivity contribution in [3.63, 3.8) is 0 Å². The van der Waals surface area contributed by atoms with Crippen LogP contribution in [0.15, 0.2) is 24.3 Å². The van der Waals surface area contributed by atoms with Gasteiger partial charge in [-0.3, -0.25) is 4.89 Å². The molecule has 2 unspecified atom stereocenters. The summed E-state index contributed by atoms with van der Waals surface area (Å²) in [5.41, 5.74) is 1.34. The van der Waals surface area contributed by atoms with Gasteiger partial charge in [0.25, 0.3) is 6.29 Å². The first kappa shape index (κ1) is 19.0. The van der Waals surface area contributed by atoms with E-state index in [2.05, 4.69) is 0 Å². The smallest absolute Gasteiger partial charge is 0.450 e.